The third kappa shape index (κ3) is 8.92. The maximum atomic E-state index is 12.3. The largest absolute Gasteiger partial charge is 0.382 e. The van der Waals surface area contributed by atoms with Crippen molar-refractivity contribution < 1.29 is 9.53 Å². The molecule has 6 nitrogen and oxygen atoms in total. The fraction of sp³-hybridized carbons (Fsp3) is 0.565. The van der Waals surface area contributed by atoms with Gasteiger partial charge in [0.05, 0.1) is 0 Å². The summed E-state index contributed by atoms with van der Waals surface area (Å²) in [5, 5.41) is 9.51. The van der Waals surface area contributed by atoms with Crippen LogP contribution in [0.15, 0.2) is 29.3 Å². The Labute approximate surface area is 198 Å². The fourth-order valence-corrected chi connectivity index (χ4v) is 3.72. The zero-order valence-electron chi connectivity index (χ0n) is 18.1. The number of guanidine groups is 1. The predicted octanol–water partition coefficient (Wildman–Crippen LogP) is 3.77. The maximum absolute atomic E-state index is 12.3. The van der Waals surface area contributed by atoms with E-state index < -0.39 is 0 Å². The van der Waals surface area contributed by atoms with Gasteiger partial charge in [0, 0.05) is 37.6 Å². The molecule has 0 radical (unpaired) electrons. The van der Waals surface area contributed by atoms with Gasteiger partial charge < -0.3 is 20.7 Å². The Hall–Kier alpha value is -1.79. The van der Waals surface area contributed by atoms with Crippen molar-refractivity contribution >= 4 is 41.5 Å². The Morgan fingerprint density at radius 2 is 2.03 bits per heavy atom. The molecule has 0 bridgehead atoms. The van der Waals surface area contributed by atoms with Crippen LogP contribution in [0.4, 0.5) is 5.69 Å². The van der Waals surface area contributed by atoms with Crippen molar-refractivity contribution in [3.8, 4) is 12.3 Å². The SMILES string of the molecule is C#Cc1cccc(NC(=O)CN=C(NCC)NCC2(CCOCC)CCCC2)c1.I. The van der Waals surface area contributed by atoms with Crippen LogP contribution in [0.2, 0.25) is 0 Å². The molecule has 0 heterocycles. The van der Waals surface area contributed by atoms with Gasteiger partial charge in [-0.2, -0.15) is 0 Å². The first-order valence-electron chi connectivity index (χ1n) is 10.6. The second-order valence-electron chi connectivity index (χ2n) is 7.48. The zero-order valence-corrected chi connectivity index (χ0v) is 20.5. The minimum Gasteiger partial charge on any atom is -0.382 e. The average molecular weight is 526 g/mol. The molecule has 0 unspecified atom stereocenters. The van der Waals surface area contributed by atoms with Gasteiger partial charge in [0.15, 0.2) is 5.96 Å². The highest BCUT2D eigenvalue weighted by Gasteiger charge is 2.33. The number of halogens is 1. The third-order valence-electron chi connectivity index (χ3n) is 5.31. The maximum Gasteiger partial charge on any atom is 0.246 e. The first kappa shape index (κ1) is 26.2. The topological polar surface area (TPSA) is 74.8 Å². The molecule has 1 aliphatic rings. The van der Waals surface area contributed by atoms with Crippen LogP contribution >= 0.6 is 24.0 Å². The number of hydrogen-bond donors (Lipinski definition) is 3. The number of rotatable bonds is 10. The van der Waals surface area contributed by atoms with E-state index in [4.69, 9.17) is 11.2 Å². The summed E-state index contributed by atoms with van der Waals surface area (Å²) < 4.78 is 5.59. The van der Waals surface area contributed by atoms with E-state index in [-0.39, 0.29) is 41.8 Å². The monoisotopic (exact) mass is 526 g/mol. The van der Waals surface area contributed by atoms with E-state index in [2.05, 4.69) is 26.9 Å². The normalized spacial score (nSPS) is 15.0. The van der Waals surface area contributed by atoms with Crippen LogP contribution in [0.3, 0.4) is 0 Å². The van der Waals surface area contributed by atoms with Crippen molar-refractivity contribution in [1.29, 1.82) is 0 Å². The smallest absolute Gasteiger partial charge is 0.246 e. The molecule has 7 heteroatoms. The molecule has 1 amide bonds. The highest BCUT2D eigenvalue weighted by atomic mass is 127. The number of terminal acetylenes is 1. The molecule has 0 aromatic heterocycles. The van der Waals surface area contributed by atoms with E-state index in [9.17, 15) is 4.79 Å². The molecule has 3 N–H and O–H groups in total. The average Bonchev–Trinajstić information content (AvgIpc) is 3.19. The van der Waals surface area contributed by atoms with Crippen LogP contribution in [-0.2, 0) is 9.53 Å². The lowest BCUT2D eigenvalue weighted by Gasteiger charge is -2.30. The van der Waals surface area contributed by atoms with Crippen LogP contribution in [0.1, 0.15) is 51.5 Å². The molecular weight excluding hydrogens is 491 g/mol. The molecule has 0 spiro atoms. The molecule has 0 atom stereocenters. The minimum atomic E-state index is -0.178. The highest BCUT2D eigenvalue weighted by molar-refractivity contribution is 14.0. The molecule has 30 heavy (non-hydrogen) atoms. The quantitative estimate of drug-likeness (QED) is 0.143. The van der Waals surface area contributed by atoms with Crippen LogP contribution < -0.4 is 16.0 Å². The number of nitrogens with zero attached hydrogens (tertiary/aromatic N) is 1. The number of amides is 1. The number of nitrogens with one attached hydrogen (secondary N) is 3. The van der Waals surface area contributed by atoms with Gasteiger partial charge in [0.25, 0.3) is 0 Å². The summed E-state index contributed by atoms with van der Waals surface area (Å²) in [4.78, 5) is 16.7. The van der Waals surface area contributed by atoms with Crippen LogP contribution in [0.5, 0.6) is 0 Å². The molecule has 1 aromatic rings. The predicted molar refractivity (Wildman–Crippen MR) is 134 cm³/mol. The first-order chi connectivity index (χ1) is 14.1. The Balaban J connectivity index is 0.00000450. The Morgan fingerprint density at radius 1 is 1.27 bits per heavy atom. The van der Waals surface area contributed by atoms with Gasteiger partial charge in [0.1, 0.15) is 6.54 Å². The van der Waals surface area contributed by atoms with Gasteiger partial charge >= 0.3 is 0 Å². The van der Waals surface area contributed by atoms with Crippen LogP contribution in [0, 0.1) is 17.8 Å². The number of benzene rings is 1. The van der Waals surface area contributed by atoms with Crippen molar-refractivity contribution in [2.75, 3.05) is 38.2 Å². The summed E-state index contributed by atoms with van der Waals surface area (Å²) in [6.45, 7) is 7.23. The number of carbonyl (C=O) groups excluding carboxylic acids is 1. The van der Waals surface area contributed by atoms with Gasteiger partial charge in [-0.3, -0.25) is 4.79 Å². The van der Waals surface area contributed by atoms with Gasteiger partial charge in [-0.25, -0.2) is 4.99 Å². The molecule has 1 aliphatic carbocycles. The number of aliphatic imine (C=N–C) groups is 1. The van der Waals surface area contributed by atoms with Gasteiger partial charge in [-0.15, -0.1) is 30.4 Å². The summed E-state index contributed by atoms with van der Waals surface area (Å²) in [5.74, 6) is 3.06. The molecule has 1 aromatic carbocycles. The van der Waals surface area contributed by atoms with Crippen molar-refractivity contribution in [2.45, 2.75) is 46.0 Å². The summed E-state index contributed by atoms with van der Waals surface area (Å²) in [7, 11) is 0. The highest BCUT2D eigenvalue weighted by Crippen LogP contribution is 2.40. The molecule has 1 fully saturated rings. The van der Waals surface area contributed by atoms with Crippen molar-refractivity contribution in [3.05, 3.63) is 29.8 Å². The third-order valence-corrected chi connectivity index (χ3v) is 5.31. The molecule has 0 saturated heterocycles. The van der Waals surface area contributed by atoms with E-state index in [0.717, 1.165) is 38.3 Å². The van der Waals surface area contributed by atoms with E-state index >= 15 is 0 Å². The van der Waals surface area contributed by atoms with E-state index in [1.165, 1.54) is 25.7 Å². The molecule has 2 rings (SSSR count). The van der Waals surface area contributed by atoms with E-state index in [1.807, 2.05) is 32.0 Å². The van der Waals surface area contributed by atoms with Crippen molar-refractivity contribution in [3.63, 3.8) is 0 Å². The summed E-state index contributed by atoms with van der Waals surface area (Å²) >= 11 is 0. The van der Waals surface area contributed by atoms with E-state index in [1.54, 1.807) is 6.07 Å². The lowest BCUT2D eigenvalue weighted by atomic mass is 9.83. The van der Waals surface area contributed by atoms with Crippen molar-refractivity contribution in [1.82, 2.24) is 10.6 Å². The zero-order chi connectivity index (χ0) is 21.0. The Morgan fingerprint density at radius 3 is 2.70 bits per heavy atom. The second kappa shape index (κ2) is 14.3. The van der Waals surface area contributed by atoms with E-state index in [0.29, 0.717) is 11.6 Å². The van der Waals surface area contributed by atoms with Crippen LogP contribution in [0.25, 0.3) is 0 Å². The van der Waals surface area contributed by atoms with Gasteiger partial charge in [-0.05, 0) is 56.7 Å². The molecule has 166 valence electrons. The summed E-state index contributed by atoms with van der Waals surface area (Å²) in [6, 6.07) is 7.23. The van der Waals surface area contributed by atoms with Gasteiger partial charge in [-0.1, -0.05) is 24.8 Å². The standard InChI is InChI=1S/C23H34N4O2.HI/c1-4-19-10-9-11-20(16-19)27-21(28)17-25-22(24-5-2)26-18-23(12-7-8-13-23)14-15-29-6-3;/h1,9-11,16H,5-8,12-15,17-18H2,2-3H3,(H,27,28)(H2,24,25,26);1H. The number of carbonyl (C=O) groups is 1. The molecule has 1 saturated carbocycles. The van der Waals surface area contributed by atoms with Crippen LogP contribution in [-0.4, -0.2) is 44.7 Å². The van der Waals surface area contributed by atoms with Gasteiger partial charge in [0.2, 0.25) is 5.91 Å². The lowest BCUT2D eigenvalue weighted by Crippen LogP contribution is -2.43. The second-order valence-corrected chi connectivity index (χ2v) is 7.48. The number of ether oxygens (including phenoxy) is 1. The van der Waals surface area contributed by atoms with Crippen molar-refractivity contribution in [2.24, 2.45) is 10.4 Å². The number of anilines is 1. The Bertz CT molecular complexity index is 724. The molecule has 0 aliphatic heterocycles. The number of hydrogen-bond acceptors (Lipinski definition) is 3. The Kier molecular flexibility index (Phi) is 12.5. The summed E-state index contributed by atoms with van der Waals surface area (Å²) in [5.41, 5.74) is 1.66. The minimum absolute atomic E-state index is 0. The fourth-order valence-electron chi connectivity index (χ4n) is 3.72. The molecular formula is C23H35IN4O2. The summed E-state index contributed by atoms with van der Waals surface area (Å²) in [6.07, 6.45) is 11.4. The lowest BCUT2D eigenvalue weighted by molar-refractivity contribution is -0.114. The first-order valence-corrected chi connectivity index (χ1v) is 10.6.